The summed E-state index contributed by atoms with van der Waals surface area (Å²) in [5, 5.41) is 0. The molecule has 2 heteroatoms. The zero-order valence-corrected chi connectivity index (χ0v) is 12.6. The van der Waals surface area contributed by atoms with E-state index >= 15 is 0 Å². The van der Waals surface area contributed by atoms with Gasteiger partial charge in [-0.25, -0.2) is 0 Å². The van der Waals surface area contributed by atoms with E-state index in [1.807, 2.05) is 18.2 Å². The van der Waals surface area contributed by atoms with Gasteiger partial charge in [0.15, 0.2) is 5.78 Å². The van der Waals surface area contributed by atoms with Crippen LogP contribution in [0, 0.1) is 13.8 Å². The van der Waals surface area contributed by atoms with Crippen molar-refractivity contribution in [1.29, 1.82) is 0 Å². The SMILES string of the molecule is Cc1ccc(CC(=O)c2cccc3c2OCCC3)cc1C. The Bertz CT molecular complexity index is 686. The van der Waals surface area contributed by atoms with Crippen LogP contribution in [0.5, 0.6) is 5.75 Å². The van der Waals surface area contributed by atoms with Gasteiger partial charge >= 0.3 is 0 Å². The van der Waals surface area contributed by atoms with Crippen LogP contribution in [0.15, 0.2) is 36.4 Å². The van der Waals surface area contributed by atoms with Crippen LogP contribution < -0.4 is 4.74 Å². The van der Waals surface area contributed by atoms with Crippen molar-refractivity contribution in [2.24, 2.45) is 0 Å². The average molecular weight is 280 g/mol. The Labute approximate surface area is 125 Å². The van der Waals surface area contributed by atoms with Crippen LogP contribution in [0.2, 0.25) is 0 Å². The van der Waals surface area contributed by atoms with E-state index in [9.17, 15) is 4.79 Å². The summed E-state index contributed by atoms with van der Waals surface area (Å²) >= 11 is 0. The molecule has 0 radical (unpaired) electrons. The Kier molecular flexibility index (Phi) is 3.78. The molecule has 0 spiro atoms. The van der Waals surface area contributed by atoms with Crippen molar-refractivity contribution in [3.63, 3.8) is 0 Å². The minimum absolute atomic E-state index is 0.136. The third kappa shape index (κ3) is 2.85. The van der Waals surface area contributed by atoms with E-state index in [1.54, 1.807) is 0 Å². The first kappa shape index (κ1) is 13.9. The zero-order chi connectivity index (χ0) is 14.8. The molecule has 21 heavy (non-hydrogen) atoms. The van der Waals surface area contributed by atoms with Crippen molar-refractivity contribution in [1.82, 2.24) is 0 Å². The summed E-state index contributed by atoms with van der Waals surface area (Å²) in [7, 11) is 0. The van der Waals surface area contributed by atoms with Crippen LogP contribution in [0.4, 0.5) is 0 Å². The predicted octanol–water partition coefficient (Wildman–Crippen LogP) is 4.05. The second-order valence-electron chi connectivity index (χ2n) is 5.76. The standard InChI is InChI=1S/C19H20O2/c1-13-8-9-15(11-14(13)2)12-18(20)17-7-3-5-16-6-4-10-21-19(16)17/h3,5,7-9,11H,4,6,10,12H2,1-2H3. The Hall–Kier alpha value is -2.09. The molecule has 0 amide bonds. The molecule has 0 fully saturated rings. The van der Waals surface area contributed by atoms with Gasteiger partial charge in [0.2, 0.25) is 0 Å². The number of aryl methyl sites for hydroxylation is 3. The lowest BCUT2D eigenvalue weighted by atomic mass is 9.96. The summed E-state index contributed by atoms with van der Waals surface area (Å²) in [6.07, 6.45) is 2.46. The molecule has 2 aromatic carbocycles. The molecule has 2 aromatic rings. The fourth-order valence-corrected chi connectivity index (χ4v) is 2.80. The van der Waals surface area contributed by atoms with Crippen molar-refractivity contribution in [2.75, 3.05) is 6.61 Å². The highest BCUT2D eigenvalue weighted by atomic mass is 16.5. The van der Waals surface area contributed by atoms with Crippen LogP contribution in [0.1, 0.15) is 39.0 Å². The van der Waals surface area contributed by atoms with Crippen molar-refractivity contribution in [3.05, 3.63) is 64.2 Å². The molecule has 0 aliphatic carbocycles. The van der Waals surface area contributed by atoms with Crippen molar-refractivity contribution >= 4 is 5.78 Å². The third-order valence-corrected chi connectivity index (χ3v) is 4.17. The number of ether oxygens (including phenoxy) is 1. The van der Waals surface area contributed by atoms with Gasteiger partial charge in [-0.05, 0) is 55.0 Å². The minimum Gasteiger partial charge on any atom is -0.493 e. The van der Waals surface area contributed by atoms with Crippen LogP contribution in [0.25, 0.3) is 0 Å². The summed E-state index contributed by atoms with van der Waals surface area (Å²) in [5.74, 6) is 0.939. The first-order valence-electron chi connectivity index (χ1n) is 7.49. The molecule has 2 nitrogen and oxygen atoms in total. The van der Waals surface area contributed by atoms with E-state index in [1.165, 1.54) is 11.1 Å². The largest absolute Gasteiger partial charge is 0.493 e. The number of hydrogen-bond donors (Lipinski definition) is 0. The molecule has 0 bridgehead atoms. The Balaban J connectivity index is 1.87. The molecule has 0 atom stereocenters. The van der Waals surface area contributed by atoms with Crippen LogP contribution in [-0.2, 0) is 12.8 Å². The van der Waals surface area contributed by atoms with E-state index in [4.69, 9.17) is 4.74 Å². The van der Waals surface area contributed by atoms with Crippen molar-refractivity contribution < 1.29 is 9.53 Å². The van der Waals surface area contributed by atoms with Gasteiger partial charge in [0.1, 0.15) is 5.75 Å². The summed E-state index contributed by atoms with van der Waals surface area (Å²) in [6, 6.07) is 12.1. The third-order valence-electron chi connectivity index (χ3n) is 4.17. The molecular weight excluding hydrogens is 260 g/mol. The molecule has 0 N–H and O–H groups in total. The van der Waals surface area contributed by atoms with Crippen molar-refractivity contribution in [2.45, 2.75) is 33.1 Å². The van der Waals surface area contributed by atoms with E-state index in [0.717, 1.165) is 35.3 Å². The molecule has 0 aromatic heterocycles. The molecule has 0 unspecified atom stereocenters. The average Bonchev–Trinajstić information content (AvgIpc) is 2.50. The lowest BCUT2D eigenvalue weighted by molar-refractivity contribution is 0.0988. The van der Waals surface area contributed by atoms with E-state index < -0.39 is 0 Å². The van der Waals surface area contributed by atoms with Gasteiger partial charge in [-0.1, -0.05) is 30.3 Å². The second-order valence-corrected chi connectivity index (χ2v) is 5.76. The molecule has 1 aliphatic heterocycles. The summed E-state index contributed by atoms with van der Waals surface area (Å²) in [6.45, 7) is 4.88. The number of benzene rings is 2. The number of ketones is 1. The fourth-order valence-electron chi connectivity index (χ4n) is 2.80. The molecular formula is C19H20O2. The lowest BCUT2D eigenvalue weighted by Gasteiger charge is -2.19. The maximum absolute atomic E-state index is 12.6. The van der Waals surface area contributed by atoms with Gasteiger partial charge in [0, 0.05) is 6.42 Å². The normalized spacial score (nSPS) is 13.4. The maximum atomic E-state index is 12.6. The maximum Gasteiger partial charge on any atom is 0.170 e. The van der Waals surface area contributed by atoms with Gasteiger partial charge in [-0.2, -0.15) is 0 Å². The lowest BCUT2D eigenvalue weighted by Crippen LogP contribution is -2.14. The summed E-state index contributed by atoms with van der Waals surface area (Å²) in [5.41, 5.74) is 5.44. The van der Waals surface area contributed by atoms with E-state index in [-0.39, 0.29) is 5.78 Å². The molecule has 108 valence electrons. The van der Waals surface area contributed by atoms with Gasteiger partial charge in [-0.3, -0.25) is 4.79 Å². The quantitative estimate of drug-likeness (QED) is 0.793. The van der Waals surface area contributed by atoms with Crippen LogP contribution in [0.3, 0.4) is 0 Å². The number of carbonyl (C=O) groups is 1. The topological polar surface area (TPSA) is 26.3 Å². The highest BCUT2D eigenvalue weighted by Crippen LogP contribution is 2.29. The number of carbonyl (C=O) groups excluding carboxylic acids is 1. The van der Waals surface area contributed by atoms with Gasteiger partial charge in [-0.15, -0.1) is 0 Å². The predicted molar refractivity (Wildman–Crippen MR) is 84.2 cm³/mol. The van der Waals surface area contributed by atoms with Crippen LogP contribution >= 0.6 is 0 Å². The summed E-state index contributed by atoms with van der Waals surface area (Å²) < 4.78 is 5.74. The van der Waals surface area contributed by atoms with Gasteiger partial charge < -0.3 is 4.74 Å². The number of para-hydroxylation sites is 1. The Morgan fingerprint density at radius 2 is 2.00 bits per heavy atom. The first-order chi connectivity index (χ1) is 10.1. The highest BCUT2D eigenvalue weighted by Gasteiger charge is 2.19. The van der Waals surface area contributed by atoms with E-state index in [0.29, 0.717) is 13.0 Å². The Morgan fingerprint density at radius 3 is 2.81 bits per heavy atom. The second kappa shape index (κ2) is 5.72. The molecule has 3 rings (SSSR count). The van der Waals surface area contributed by atoms with E-state index in [2.05, 4.69) is 32.0 Å². The molecule has 0 saturated heterocycles. The monoisotopic (exact) mass is 280 g/mol. The highest BCUT2D eigenvalue weighted by molar-refractivity contribution is 6.00. The Morgan fingerprint density at radius 1 is 1.14 bits per heavy atom. The van der Waals surface area contributed by atoms with Gasteiger partial charge in [0.05, 0.1) is 12.2 Å². The minimum atomic E-state index is 0.136. The molecule has 1 aliphatic rings. The van der Waals surface area contributed by atoms with Crippen LogP contribution in [-0.4, -0.2) is 12.4 Å². The van der Waals surface area contributed by atoms with Crippen molar-refractivity contribution in [3.8, 4) is 5.75 Å². The first-order valence-corrected chi connectivity index (χ1v) is 7.49. The molecule has 1 heterocycles. The number of Topliss-reactive ketones (excluding diaryl/α,β-unsaturated/α-hetero) is 1. The fraction of sp³-hybridized carbons (Fsp3) is 0.316. The molecule has 0 saturated carbocycles. The smallest absolute Gasteiger partial charge is 0.170 e. The van der Waals surface area contributed by atoms with Gasteiger partial charge in [0.25, 0.3) is 0 Å². The number of fused-ring (bicyclic) bond motifs is 1. The number of rotatable bonds is 3. The zero-order valence-electron chi connectivity index (χ0n) is 12.6. The number of hydrogen-bond acceptors (Lipinski definition) is 2. The summed E-state index contributed by atoms with van der Waals surface area (Å²) in [4.78, 5) is 12.6.